The van der Waals surface area contributed by atoms with Crippen LogP contribution in [0, 0.1) is 5.82 Å². The Morgan fingerprint density at radius 3 is 2.90 bits per heavy atom. The van der Waals surface area contributed by atoms with E-state index in [-0.39, 0.29) is 17.8 Å². The zero-order chi connectivity index (χ0) is 15.2. The Bertz CT molecular complexity index is 614. The Hall–Kier alpha value is -1.79. The van der Waals surface area contributed by atoms with Gasteiger partial charge in [-0.05, 0) is 25.6 Å². The average molecular weight is 307 g/mol. The van der Waals surface area contributed by atoms with E-state index in [9.17, 15) is 9.18 Å². The molecule has 0 bridgehead atoms. The zero-order valence-electron chi connectivity index (χ0n) is 12.0. The van der Waals surface area contributed by atoms with Crippen LogP contribution >= 0.6 is 11.3 Å². The van der Waals surface area contributed by atoms with Gasteiger partial charge >= 0.3 is 0 Å². The second kappa shape index (κ2) is 7.28. The van der Waals surface area contributed by atoms with E-state index in [1.807, 2.05) is 13.8 Å². The fourth-order valence-electron chi connectivity index (χ4n) is 1.89. The Balaban J connectivity index is 2.03. The SMILES string of the molecule is CCN[C@H](C)CNC(=O)c1csc(-c2ccccc2F)n1. The third-order valence-electron chi connectivity index (χ3n) is 2.96. The summed E-state index contributed by atoms with van der Waals surface area (Å²) >= 11 is 1.26. The van der Waals surface area contributed by atoms with Gasteiger partial charge in [0.25, 0.3) is 5.91 Å². The van der Waals surface area contributed by atoms with Crippen LogP contribution < -0.4 is 10.6 Å². The lowest BCUT2D eigenvalue weighted by molar-refractivity contribution is 0.0946. The van der Waals surface area contributed by atoms with E-state index in [1.165, 1.54) is 17.4 Å². The van der Waals surface area contributed by atoms with Crippen LogP contribution in [0.5, 0.6) is 0 Å². The molecular formula is C15H18FN3OS. The van der Waals surface area contributed by atoms with Crippen molar-refractivity contribution in [1.82, 2.24) is 15.6 Å². The molecule has 0 fully saturated rings. The van der Waals surface area contributed by atoms with Crippen LogP contribution in [0.2, 0.25) is 0 Å². The van der Waals surface area contributed by atoms with Gasteiger partial charge in [0.05, 0.1) is 0 Å². The molecule has 1 heterocycles. The molecule has 4 nitrogen and oxygen atoms in total. The van der Waals surface area contributed by atoms with Crippen molar-refractivity contribution in [2.75, 3.05) is 13.1 Å². The standard InChI is InChI=1S/C15H18FN3OS/c1-3-17-10(2)8-18-14(20)13-9-21-15(19-13)11-6-4-5-7-12(11)16/h4-7,9-10,17H,3,8H2,1-2H3,(H,18,20)/t10-/m1/s1. The molecule has 0 unspecified atom stereocenters. The van der Waals surface area contributed by atoms with Gasteiger partial charge in [-0.2, -0.15) is 0 Å². The van der Waals surface area contributed by atoms with Crippen LogP contribution in [0.4, 0.5) is 4.39 Å². The highest BCUT2D eigenvalue weighted by atomic mass is 32.1. The number of nitrogens with one attached hydrogen (secondary N) is 2. The van der Waals surface area contributed by atoms with E-state index in [2.05, 4.69) is 15.6 Å². The topological polar surface area (TPSA) is 54.0 Å². The van der Waals surface area contributed by atoms with Crippen LogP contribution in [-0.4, -0.2) is 30.0 Å². The molecule has 21 heavy (non-hydrogen) atoms. The number of rotatable bonds is 6. The number of hydrogen-bond donors (Lipinski definition) is 2. The summed E-state index contributed by atoms with van der Waals surface area (Å²) in [6.07, 6.45) is 0. The number of carbonyl (C=O) groups excluding carboxylic acids is 1. The minimum atomic E-state index is -0.334. The van der Waals surface area contributed by atoms with E-state index in [1.54, 1.807) is 23.6 Å². The molecule has 2 N–H and O–H groups in total. The minimum Gasteiger partial charge on any atom is -0.349 e. The van der Waals surface area contributed by atoms with Gasteiger partial charge in [0.2, 0.25) is 0 Å². The molecule has 1 aromatic carbocycles. The summed E-state index contributed by atoms with van der Waals surface area (Å²) in [5.74, 6) is -0.571. The first-order chi connectivity index (χ1) is 10.1. The summed E-state index contributed by atoms with van der Waals surface area (Å²) < 4.78 is 13.7. The van der Waals surface area contributed by atoms with E-state index in [4.69, 9.17) is 0 Å². The predicted octanol–water partition coefficient (Wildman–Crippen LogP) is 2.68. The van der Waals surface area contributed by atoms with Gasteiger partial charge in [0.1, 0.15) is 16.5 Å². The molecule has 0 aliphatic heterocycles. The predicted molar refractivity (Wildman–Crippen MR) is 83.0 cm³/mol. The van der Waals surface area contributed by atoms with Gasteiger partial charge in [-0.25, -0.2) is 9.37 Å². The Morgan fingerprint density at radius 2 is 2.19 bits per heavy atom. The highest BCUT2D eigenvalue weighted by Crippen LogP contribution is 2.25. The molecule has 0 saturated carbocycles. The van der Waals surface area contributed by atoms with Gasteiger partial charge in [-0.1, -0.05) is 19.1 Å². The van der Waals surface area contributed by atoms with Crippen molar-refractivity contribution in [3.05, 3.63) is 41.2 Å². The molecule has 1 atom stereocenters. The largest absolute Gasteiger partial charge is 0.349 e. The molecule has 0 spiro atoms. The first-order valence-corrected chi connectivity index (χ1v) is 7.71. The smallest absolute Gasteiger partial charge is 0.270 e. The van der Waals surface area contributed by atoms with Gasteiger partial charge < -0.3 is 10.6 Å². The number of thiazole rings is 1. The monoisotopic (exact) mass is 307 g/mol. The second-order valence-electron chi connectivity index (χ2n) is 4.69. The van der Waals surface area contributed by atoms with Crippen molar-refractivity contribution >= 4 is 17.2 Å². The molecule has 2 aromatic rings. The van der Waals surface area contributed by atoms with Crippen LogP contribution in [0.3, 0.4) is 0 Å². The molecule has 0 aliphatic carbocycles. The molecule has 6 heteroatoms. The summed E-state index contributed by atoms with van der Waals surface area (Å²) in [6, 6.07) is 6.61. The van der Waals surface area contributed by atoms with E-state index in [0.717, 1.165) is 6.54 Å². The summed E-state index contributed by atoms with van der Waals surface area (Å²) in [6.45, 7) is 5.39. The minimum absolute atomic E-state index is 0.198. The molecular weight excluding hydrogens is 289 g/mol. The number of amides is 1. The average Bonchev–Trinajstić information content (AvgIpc) is 2.95. The number of benzene rings is 1. The van der Waals surface area contributed by atoms with E-state index >= 15 is 0 Å². The number of carbonyl (C=O) groups is 1. The summed E-state index contributed by atoms with van der Waals surface area (Å²) in [7, 11) is 0. The van der Waals surface area contributed by atoms with Crippen LogP contribution in [0.25, 0.3) is 10.6 Å². The Kier molecular flexibility index (Phi) is 5.41. The molecule has 1 aromatic heterocycles. The highest BCUT2D eigenvalue weighted by Gasteiger charge is 2.14. The van der Waals surface area contributed by atoms with Gasteiger partial charge in [-0.3, -0.25) is 4.79 Å². The normalized spacial score (nSPS) is 12.1. The van der Waals surface area contributed by atoms with Gasteiger partial charge in [-0.15, -0.1) is 11.3 Å². The maximum atomic E-state index is 13.7. The number of likely N-dealkylation sites (N-methyl/N-ethyl adjacent to an activating group) is 1. The van der Waals surface area contributed by atoms with Gasteiger partial charge in [0, 0.05) is 23.5 Å². The first-order valence-electron chi connectivity index (χ1n) is 6.83. The Morgan fingerprint density at radius 1 is 1.43 bits per heavy atom. The number of halogens is 1. The van der Waals surface area contributed by atoms with Crippen LogP contribution in [-0.2, 0) is 0 Å². The lowest BCUT2D eigenvalue weighted by Crippen LogP contribution is -2.38. The lowest BCUT2D eigenvalue weighted by Gasteiger charge is -2.12. The maximum Gasteiger partial charge on any atom is 0.270 e. The fourth-order valence-corrected chi connectivity index (χ4v) is 2.72. The fraction of sp³-hybridized carbons (Fsp3) is 0.333. The molecule has 0 saturated heterocycles. The highest BCUT2D eigenvalue weighted by molar-refractivity contribution is 7.13. The van der Waals surface area contributed by atoms with Crippen LogP contribution in [0.15, 0.2) is 29.6 Å². The van der Waals surface area contributed by atoms with Crippen molar-refractivity contribution in [1.29, 1.82) is 0 Å². The molecule has 1 amide bonds. The van der Waals surface area contributed by atoms with Crippen molar-refractivity contribution in [2.45, 2.75) is 19.9 Å². The number of hydrogen-bond acceptors (Lipinski definition) is 4. The lowest BCUT2D eigenvalue weighted by atomic mass is 10.2. The quantitative estimate of drug-likeness (QED) is 0.862. The summed E-state index contributed by atoms with van der Waals surface area (Å²) in [4.78, 5) is 16.2. The third kappa shape index (κ3) is 4.09. The van der Waals surface area contributed by atoms with E-state index < -0.39 is 0 Å². The molecule has 0 radical (unpaired) electrons. The van der Waals surface area contributed by atoms with Crippen molar-refractivity contribution in [3.8, 4) is 10.6 Å². The third-order valence-corrected chi connectivity index (χ3v) is 3.84. The van der Waals surface area contributed by atoms with Crippen LogP contribution in [0.1, 0.15) is 24.3 Å². The van der Waals surface area contributed by atoms with Gasteiger partial charge in [0.15, 0.2) is 0 Å². The zero-order valence-corrected chi connectivity index (χ0v) is 12.8. The number of nitrogens with zero attached hydrogens (tertiary/aromatic N) is 1. The van der Waals surface area contributed by atoms with E-state index in [0.29, 0.717) is 22.8 Å². The summed E-state index contributed by atoms with van der Waals surface area (Å²) in [5.41, 5.74) is 0.740. The van der Waals surface area contributed by atoms with Crippen molar-refractivity contribution in [2.24, 2.45) is 0 Å². The van der Waals surface area contributed by atoms with Crippen molar-refractivity contribution in [3.63, 3.8) is 0 Å². The molecule has 0 aliphatic rings. The molecule has 112 valence electrons. The van der Waals surface area contributed by atoms with Crippen molar-refractivity contribution < 1.29 is 9.18 Å². The summed E-state index contributed by atoms with van der Waals surface area (Å²) in [5, 5.41) is 8.18. The second-order valence-corrected chi connectivity index (χ2v) is 5.54. The number of aromatic nitrogens is 1. The molecule has 2 rings (SSSR count). The maximum absolute atomic E-state index is 13.7. The first kappa shape index (κ1) is 15.6. The Labute approximate surface area is 127 Å².